The number of carbonyl (C=O) groups excluding carboxylic acids is 1. The minimum absolute atomic E-state index is 0.137. The summed E-state index contributed by atoms with van der Waals surface area (Å²) in [5.41, 5.74) is 0.961. The van der Waals surface area contributed by atoms with Crippen LogP contribution in [0.5, 0.6) is 0 Å². The molecule has 2 rings (SSSR count). The number of benzene rings is 2. The number of nitrogens with zero attached hydrogens (tertiary/aromatic N) is 1. The first kappa shape index (κ1) is 17.7. The summed E-state index contributed by atoms with van der Waals surface area (Å²) in [6.45, 7) is 6.14. The highest BCUT2D eigenvalue weighted by Crippen LogP contribution is 2.24. The van der Waals surface area contributed by atoms with Crippen LogP contribution in [-0.2, 0) is 10.0 Å². The summed E-state index contributed by atoms with van der Waals surface area (Å²) in [7, 11) is -3.70. The van der Waals surface area contributed by atoms with E-state index in [9.17, 15) is 13.2 Å². The van der Waals surface area contributed by atoms with E-state index in [1.165, 1.54) is 10.4 Å². The maximum Gasteiger partial charge on any atom is 0.264 e. The molecule has 0 bridgehead atoms. The van der Waals surface area contributed by atoms with Crippen LogP contribution < -0.4 is 9.62 Å². The Morgan fingerprint density at radius 2 is 1.75 bits per heavy atom. The number of rotatable bonds is 7. The van der Waals surface area contributed by atoms with Crippen molar-refractivity contribution in [2.75, 3.05) is 17.4 Å². The van der Waals surface area contributed by atoms with Gasteiger partial charge >= 0.3 is 0 Å². The van der Waals surface area contributed by atoms with Gasteiger partial charge in [0.05, 0.1) is 17.1 Å². The van der Waals surface area contributed by atoms with Crippen LogP contribution in [0, 0.1) is 0 Å². The maximum absolute atomic E-state index is 12.8. The smallest absolute Gasteiger partial charge is 0.264 e. The Kier molecular flexibility index (Phi) is 5.76. The fourth-order valence-corrected chi connectivity index (χ4v) is 3.68. The van der Waals surface area contributed by atoms with Crippen molar-refractivity contribution in [3.63, 3.8) is 0 Å². The van der Waals surface area contributed by atoms with Gasteiger partial charge in [-0.25, -0.2) is 8.42 Å². The molecule has 0 heterocycles. The molecule has 0 aliphatic heterocycles. The standard InChI is InChI=1S/C18H20N2O3S/c1-3-14-20(24(22,23)17-8-6-5-7-9-17)16-12-10-15(11-13-16)18(21)19-4-2/h3,5-13H,1,4,14H2,2H3,(H,19,21). The van der Waals surface area contributed by atoms with Crippen LogP contribution in [0.1, 0.15) is 17.3 Å². The molecule has 1 amide bonds. The van der Waals surface area contributed by atoms with Gasteiger partial charge in [0.2, 0.25) is 0 Å². The molecule has 0 aliphatic rings. The fourth-order valence-electron chi connectivity index (χ4n) is 2.22. The third-order valence-corrected chi connectivity index (χ3v) is 5.19. The Bertz CT molecular complexity index is 800. The summed E-state index contributed by atoms with van der Waals surface area (Å²) >= 11 is 0. The Hall–Kier alpha value is -2.60. The minimum Gasteiger partial charge on any atom is -0.352 e. The molecule has 1 N–H and O–H groups in total. The van der Waals surface area contributed by atoms with Crippen LogP contribution in [0.15, 0.2) is 72.1 Å². The number of hydrogen-bond donors (Lipinski definition) is 1. The van der Waals surface area contributed by atoms with Crippen molar-refractivity contribution in [3.05, 3.63) is 72.8 Å². The van der Waals surface area contributed by atoms with Gasteiger partial charge in [-0.1, -0.05) is 24.3 Å². The van der Waals surface area contributed by atoms with Crippen molar-refractivity contribution in [2.24, 2.45) is 0 Å². The first-order valence-corrected chi connectivity index (χ1v) is 9.01. The highest BCUT2D eigenvalue weighted by atomic mass is 32.2. The second-order valence-electron chi connectivity index (χ2n) is 5.04. The van der Waals surface area contributed by atoms with Crippen LogP contribution in [0.3, 0.4) is 0 Å². The van der Waals surface area contributed by atoms with E-state index < -0.39 is 10.0 Å². The van der Waals surface area contributed by atoms with Gasteiger partial charge in [-0.3, -0.25) is 9.10 Å². The molecule has 0 spiro atoms. The number of carbonyl (C=O) groups is 1. The zero-order chi connectivity index (χ0) is 17.6. The molecule has 5 nitrogen and oxygen atoms in total. The molecule has 0 aromatic heterocycles. The lowest BCUT2D eigenvalue weighted by Crippen LogP contribution is -2.31. The Labute approximate surface area is 142 Å². The van der Waals surface area contributed by atoms with E-state index in [2.05, 4.69) is 11.9 Å². The molecule has 0 fully saturated rings. The second-order valence-corrected chi connectivity index (χ2v) is 6.91. The van der Waals surface area contributed by atoms with Crippen LogP contribution >= 0.6 is 0 Å². The average molecular weight is 344 g/mol. The summed E-state index contributed by atoms with van der Waals surface area (Å²) in [4.78, 5) is 12.0. The number of hydrogen-bond acceptors (Lipinski definition) is 3. The van der Waals surface area contributed by atoms with Gasteiger partial charge in [0.1, 0.15) is 0 Å². The molecule has 0 saturated carbocycles. The van der Waals surface area contributed by atoms with Crippen molar-refractivity contribution < 1.29 is 13.2 Å². The summed E-state index contributed by atoms with van der Waals surface area (Å²) in [6.07, 6.45) is 1.53. The first-order valence-electron chi connectivity index (χ1n) is 7.57. The minimum atomic E-state index is -3.70. The Morgan fingerprint density at radius 3 is 2.29 bits per heavy atom. The van der Waals surface area contributed by atoms with Crippen LogP contribution in [0.4, 0.5) is 5.69 Å². The van der Waals surface area contributed by atoms with Gasteiger partial charge in [-0.05, 0) is 43.3 Å². The number of nitrogens with one attached hydrogen (secondary N) is 1. The van der Waals surface area contributed by atoms with Crippen molar-refractivity contribution in [1.82, 2.24) is 5.32 Å². The van der Waals surface area contributed by atoms with E-state index in [0.717, 1.165) is 0 Å². The molecule has 126 valence electrons. The Morgan fingerprint density at radius 1 is 1.12 bits per heavy atom. The number of sulfonamides is 1. The molecule has 2 aromatic rings. The highest BCUT2D eigenvalue weighted by Gasteiger charge is 2.23. The van der Waals surface area contributed by atoms with Crippen LogP contribution in [0.2, 0.25) is 0 Å². The lowest BCUT2D eigenvalue weighted by atomic mass is 10.2. The van der Waals surface area contributed by atoms with Crippen molar-refractivity contribution >= 4 is 21.6 Å². The normalized spacial score (nSPS) is 10.9. The molecule has 0 atom stereocenters. The van der Waals surface area contributed by atoms with Gasteiger partial charge < -0.3 is 5.32 Å². The van der Waals surface area contributed by atoms with E-state index >= 15 is 0 Å². The predicted molar refractivity (Wildman–Crippen MR) is 95.6 cm³/mol. The molecule has 0 saturated heterocycles. The zero-order valence-corrected chi connectivity index (χ0v) is 14.3. The fraction of sp³-hybridized carbons (Fsp3) is 0.167. The van der Waals surface area contributed by atoms with E-state index in [-0.39, 0.29) is 17.3 Å². The SMILES string of the molecule is C=CCN(c1ccc(C(=O)NCC)cc1)S(=O)(=O)c1ccccc1. The average Bonchev–Trinajstić information content (AvgIpc) is 2.60. The molecular weight excluding hydrogens is 324 g/mol. The van der Waals surface area contributed by atoms with Gasteiger partial charge in [-0.15, -0.1) is 6.58 Å². The summed E-state index contributed by atoms with van der Waals surface area (Å²) in [5, 5.41) is 2.70. The van der Waals surface area contributed by atoms with E-state index in [4.69, 9.17) is 0 Å². The molecule has 0 unspecified atom stereocenters. The third kappa shape index (κ3) is 3.83. The number of amides is 1. The third-order valence-electron chi connectivity index (χ3n) is 3.38. The predicted octanol–water partition coefficient (Wildman–Crippen LogP) is 2.82. The van der Waals surface area contributed by atoms with Gasteiger partial charge in [-0.2, -0.15) is 0 Å². The van der Waals surface area contributed by atoms with Crippen LogP contribution in [-0.4, -0.2) is 27.4 Å². The highest BCUT2D eigenvalue weighted by molar-refractivity contribution is 7.92. The van der Waals surface area contributed by atoms with E-state index in [1.807, 2.05) is 6.92 Å². The zero-order valence-electron chi connectivity index (χ0n) is 13.5. The Balaban J connectivity index is 2.38. The van der Waals surface area contributed by atoms with E-state index in [0.29, 0.717) is 17.8 Å². The van der Waals surface area contributed by atoms with E-state index in [1.54, 1.807) is 54.6 Å². The van der Waals surface area contributed by atoms with Crippen molar-refractivity contribution in [2.45, 2.75) is 11.8 Å². The van der Waals surface area contributed by atoms with Crippen molar-refractivity contribution in [1.29, 1.82) is 0 Å². The maximum atomic E-state index is 12.8. The summed E-state index contributed by atoms with van der Waals surface area (Å²) in [5.74, 6) is -0.190. The second kappa shape index (κ2) is 7.79. The summed E-state index contributed by atoms with van der Waals surface area (Å²) in [6, 6.07) is 14.7. The first-order chi connectivity index (χ1) is 11.5. The molecule has 0 radical (unpaired) electrons. The van der Waals surface area contributed by atoms with Gasteiger partial charge in [0.15, 0.2) is 0 Å². The molecule has 0 aliphatic carbocycles. The van der Waals surface area contributed by atoms with Gasteiger partial charge in [0, 0.05) is 12.1 Å². The van der Waals surface area contributed by atoms with Crippen LogP contribution in [0.25, 0.3) is 0 Å². The molecular formula is C18H20N2O3S. The van der Waals surface area contributed by atoms with Gasteiger partial charge in [0.25, 0.3) is 15.9 Å². The molecule has 24 heavy (non-hydrogen) atoms. The monoisotopic (exact) mass is 344 g/mol. The topological polar surface area (TPSA) is 66.5 Å². The number of anilines is 1. The molecule has 6 heteroatoms. The molecule has 2 aromatic carbocycles. The lowest BCUT2D eigenvalue weighted by molar-refractivity contribution is 0.0956. The quantitative estimate of drug-likeness (QED) is 0.786. The lowest BCUT2D eigenvalue weighted by Gasteiger charge is -2.23. The summed E-state index contributed by atoms with van der Waals surface area (Å²) < 4.78 is 26.9. The van der Waals surface area contributed by atoms with Crippen molar-refractivity contribution in [3.8, 4) is 0 Å². The largest absolute Gasteiger partial charge is 0.352 e.